The number of rotatable bonds is 5. The van der Waals surface area contributed by atoms with Crippen LogP contribution in [-0.2, 0) is 12.8 Å². The SMILES string of the molecule is Cc1ccc2cccc3oc4ccc(CC(Cc5ccccc5)c5ccccc5)c5ccc(C)c(c1c23)c45. The van der Waals surface area contributed by atoms with Gasteiger partial charge in [0.15, 0.2) is 0 Å². The first-order chi connectivity index (χ1) is 18.7. The van der Waals surface area contributed by atoms with Crippen LogP contribution in [0.3, 0.4) is 0 Å². The molecule has 1 heteroatoms. The van der Waals surface area contributed by atoms with Crippen molar-refractivity contribution in [3.63, 3.8) is 0 Å². The second kappa shape index (κ2) is 9.19. The maximum absolute atomic E-state index is 6.70. The maximum atomic E-state index is 6.70. The fourth-order valence-corrected chi connectivity index (χ4v) is 6.34. The van der Waals surface area contributed by atoms with Gasteiger partial charge in [0, 0.05) is 10.8 Å². The van der Waals surface area contributed by atoms with Crippen LogP contribution in [0.5, 0.6) is 0 Å². The lowest BCUT2D eigenvalue weighted by Crippen LogP contribution is -2.07. The summed E-state index contributed by atoms with van der Waals surface area (Å²) in [6, 6.07) is 41.8. The first kappa shape index (κ1) is 22.8. The molecule has 38 heavy (non-hydrogen) atoms. The molecule has 184 valence electrons. The van der Waals surface area contributed by atoms with E-state index in [2.05, 4.69) is 129 Å². The van der Waals surface area contributed by atoms with Crippen LogP contribution in [0.1, 0.15) is 33.7 Å². The van der Waals surface area contributed by atoms with Crippen LogP contribution >= 0.6 is 0 Å². The molecule has 6 aromatic carbocycles. The van der Waals surface area contributed by atoms with E-state index in [4.69, 9.17) is 4.42 Å². The lowest BCUT2D eigenvalue weighted by molar-refractivity contribution is 0.662. The number of aryl methyl sites for hydroxylation is 2. The Morgan fingerprint density at radius 1 is 0.526 bits per heavy atom. The zero-order chi connectivity index (χ0) is 25.6. The number of hydrogen-bond donors (Lipinski definition) is 0. The Kier molecular flexibility index (Phi) is 5.51. The molecular formula is C37H30O. The zero-order valence-electron chi connectivity index (χ0n) is 21.9. The molecule has 0 bridgehead atoms. The van der Waals surface area contributed by atoms with E-state index in [1.165, 1.54) is 60.1 Å². The van der Waals surface area contributed by atoms with Gasteiger partial charge in [0.25, 0.3) is 0 Å². The minimum atomic E-state index is 0.380. The summed E-state index contributed by atoms with van der Waals surface area (Å²) in [6.07, 6.45) is 1.97. The average Bonchev–Trinajstić information content (AvgIpc) is 3.11. The third kappa shape index (κ3) is 3.78. The van der Waals surface area contributed by atoms with E-state index in [0.29, 0.717) is 5.92 Å². The average molecular weight is 491 g/mol. The van der Waals surface area contributed by atoms with Crippen molar-refractivity contribution in [2.45, 2.75) is 32.6 Å². The zero-order valence-corrected chi connectivity index (χ0v) is 21.9. The first-order valence-corrected chi connectivity index (χ1v) is 13.5. The van der Waals surface area contributed by atoms with Gasteiger partial charge in [-0.3, -0.25) is 0 Å². The van der Waals surface area contributed by atoms with Crippen molar-refractivity contribution in [3.05, 3.63) is 143 Å². The van der Waals surface area contributed by atoms with Crippen molar-refractivity contribution in [1.29, 1.82) is 0 Å². The van der Waals surface area contributed by atoms with Gasteiger partial charge < -0.3 is 4.42 Å². The van der Waals surface area contributed by atoms with Crippen LogP contribution in [0.25, 0.3) is 43.5 Å². The Labute approximate surface area is 223 Å². The summed E-state index contributed by atoms with van der Waals surface area (Å²) in [5, 5.41) is 7.58. The Morgan fingerprint density at radius 3 is 2.00 bits per heavy atom. The Bertz CT molecular complexity index is 1930. The van der Waals surface area contributed by atoms with Crippen LogP contribution in [0.4, 0.5) is 0 Å². The molecule has 1 nitrogen and oxygen atoms in total. The Hall–Kier alpha value is -4.36. The predicted molar refractivity (Wildman–Crippen MR) is 161 cm³/mol. The molecule has 0 aliphatic carbocycles. The molecule has 0 spiro atoms. The van der Waals surface area contributed by atoms with Crippen molar-refractivity contribution < 1.29 is 4.42 Å². The Morgan fingerprint density at radius 2 is 1.21 bits per heavy atom. The molecule has 0 radical (unpaired) electrons. The van der Waals surface area contributed by atoms with Crippen LogP contribution in [0.15, 0.2) is 120 Å². The van der Waals surface area contributed by atoms with Crippen molar-refractivity contribution in [2.75, 3.05) is 0 Å². The molecule has 0 aliphatic rings. The van der Waals surface area contributed by atoms with E-state index in [9.17, 15) is 0 Å². The van der Waals surface area contributed by atoms with Gasteiger partial charge in [-0.25, -0.2) is 0 Å². The highest BCUT2D eigenvalue weighted by Gasteiger charge is 2.19. The summed E-state index contributed by atoms with van der Waals surface area (Å²) in [5.74, 6) is 0.380. The normalized spacial score (nSPS) is 12.6. The van der Waals surface area contributed by atoms with Gasteiger partial charge in [-0.2, -0.15) is 0 Å². The molecular weight excluding hydrogens is 460 g/mol. The highest BCUT2D eigenvalue weighted by molar-refractivity contribution is 6.25. The van der Waals surface area contributed by atoms with Gasteiger partial charge in [-0.15, -0.1) is 0 Å². The molecule has 0 saturated carbocycles. The van der Waals surface area contributed by atoms with Crippen LogP contribution in [0.2, 0.25) is 0 Å². The summed E-state index contributed by atoms with van der Waals surface area (Å²) in [7, 11) is 0. The maximum Gasteiger partial charge on any atom is 0.135 e. The predicted octanol–water partition coefficient (Wildman–Crippen LogP) is 10.1. The monoisotopic (exact) mass is 490 g/mol. The van der Waals surface area contributed by atoms with Gasteiger partial charge in [0.1, 0.15) is 11.2 Å². The second-order valence-electron chi connectivity index (χ2n) is 10.6. The van der Waals surface area contributed by atoms with Crippen molar-refractivity contribution in [3.8, 4) is 0 Å². The summed E-state index contributed by atoms with van der Waals surface area (Å²) < 4.78 is 6.70. The largest absolute Gasteiger partial charge is 0.456 e. The molecule has 0 aliphatic heterocycles. The van der Waals surface area contributed by atoms with Crippen LogP contribution in [-0.4, -0.2) is 0 Å². The molecule has 0 amide bonds. The lowest BCUT2D eigenvalue weighted by atomic mass is 9.84. The van der Waals surface area contributed by atoms with Crippen molar-refractivity contribution in [2.24, 2.45) is 0 Å². The third-order valence-electron chi connectivity index (χ3n) is 8.19. The molecule has 0 fully saturated rings. The number of benzene rings is 6. The molecule has 1 atom stereocenters. The van der Waals surface area contributed by atoms with Crippen LogP contribution in [0, 0.1) is 13.8 Å². The van der Waals surface area contributed by atoms with E-state index in [0.717, 1.165) is 24.0 Å². The Balaban J connectivity index is 1.49. The molecule has 1 unspecified atom stereocenters. The fourth-order valence-electron chi connectivity index (χ4n) is 6.34. The summed E-state index contributed by atoms with van der Waals surface area (Å²) in [4.78, 5) is 0. The number of fused-ring (bicyclic) bond motifs is 1. The van der Waals surface area contributed by atoms with E-state index >= 15 is 0 Å². The van der Waals surface area contributed by atoms with E-state index in [-0.39, 0.29) is 0 Å². The smallest absolute Gasteiger partial charge is 0.135 e. The van der Waals surface area contributed by atoms with Gasteiger partial charge >= 0.3 is 0 Å². The second-order valence-corrected chi connectivity index (χ2v) is 10.6. The third-order valence-corrected chi connectivity index (χ3v) is 8.19. The minimum Gasteiger partial charge on any atom is -0.456 e. The lowest BCUT2D eigenvalue weighted by Gasteiger charge is -2.20. The number of hydrogen-bond acceptors (Lipinski definition) is 1. The van der Waals surface area contributed by atoms with Crippen molar-refractivity contribution >= 4 is 43.5 Å². The first-order valence-electron chi connectivity index (χ1n) is 13.5. The van der Waals surface area contributed by atoms with E-state index < -0.39 is 0 Å². The molecule has 1 aromatic heterocycles. The van der Waals surface area contributed by atoms with Crippen molar-refractivity contribution in [1.82, 2.24) is 0 Å². The van der Waals surface area contributed by atoms with Gasteiger partial charge in [-0.05, 0) is 94.1 Å². The topological polar surface area (TPSA) is 13.1 Å². The molecule has 7 rings (SSSR count). The summed E-state index contributed by atoms with van der Waals surface area (Å²) >= 11 is 0. The molecule has 0 saturated heterocycles. The molecule has 0 N–H and O–H groups in total. The van der Waals surface area contributed by atoms with Gasteiger partial charge in [-0.1, -0.05) is 103 Å². The quantitative estimate of drug-likeness (QED) is 0.234. The van der Waals surface area contributed by atoms with Gasteiger partial charge in [0.05, 0.1) is 0 Å². The fraction of sp³-hybridized carbons (Fsp3) is 0.135. The van der Waals surface area contributed by atoms with Gasteiger partial charge in [0.2, 0.25) is 0 Å². The molecule has 1 heterocycles. The highest BCUT2D eigenvalue weighted by atomic mass is 16.3. The highest BCUT2D eigenvalue weighted by Crippen LogP contribution is 2.41. The van der Waals surface area contributed by atoms with E-state index in [1.54, 1.807) is 0 Å². The minimum absolute atomic E-state index is 0.380. The standard InChI is InChI=1S/C37H30O/c1-24-16-18-28-14-9-15-32-36(28)34(24)35-25(2)17-20-31-29(19-21-33(38-32)37(31)35)23-30(27-12-7-4-8-13-27)22-26-10-5-3-6-11-26/h3-21,30H,22-23H2,1-2H3. The van der Waals surface area contributed by atoms with Crippen LogP contribution < -0.4 is 0 Å². The summed E-state index contributed by atoms with van der Waals surface area (Å²) in [6.45, 7) is 4.46. The summed E-state index contributed by atoms with van der Waals surface area (Å²) in [5.41, 5.74) is 8.59. The molecule has 7 aromatic rings. The van der Waals surface area contributed by atoms with E-state index in [1.807, 2.05) is 0 Å².